The smallest absolute Gasteiger partial charge is 0.308 e. The first-order valence-electron chi connectivity index (χ1n) is 10.6. The molecule has 160 valence electrons. The van der Waals surface area contributed by atoms with Crippen LogP contribution in [0, 0.1) is 5.92 Å². The molecule has 7 heteroatoms. The van der Waals surface area contributed by atoms with Gasteiger partial charge >= 0.3 is 5.97 Å². The molecule has 0 spiro atoms. The lowest BCUT2D eigenvalue weighted by Gasteiger charge is -2.23. The maximum absolute atomic E-state index is 12.9. The number of carboxylic acids is 1. The van der Waals surface area contributed by atoms with E-state index in [2.05, 4.69) is 10.6 Å². The van der Waals surface area contributed by atoms with Gasteiger partial charge < -0.3 is 20.3 Å². The summed E-state index contributed by atoms with van der Waals surface area (Å²) < 4.78 is 1.91. The summed E-state index contributed by atoms with van der Waals surface area (Å²) in [6.07, 6.45) is 7.98. The number of carbonyl (C=O) groups is 3. The van der Waals surface area contributed by atoms with E-state index in [1.54, 1.807) is 18.2 Å². The SMILES string of the molecule is CCCC[C@H](NC(=O)c1cccc(-n2cccc2)c1)C(=O)N[C@H]1CCC[C@H]1C(=O)O. The molecular formula is C23H29N3O4. The van der Waals surface area contributed by atoms with Gasteiger partial charge in [0, 0.05) is 29.7 Å². The molecule has 3 N–H and O–H groups in total. The molecule has 1 fully saturated rings. The molecule has 3 rings (SSSR count). The minimum Gasteiger partial charge on any atom is -0.481 e. The van der Waals surface area contributed by atoms with Gasteiger partial charge in [0.05, 0.1) is 5.92 Å². The van der Waals surface area contributed by atoms with Crippen LogP contribution in [0.4, 0.5) is 0 Å². The average Bonchev–Trinajstić information content (AvgIpc) is 3.43. The highest BCUT2D eigenvalue weighted by molar-refractivity contribution is 5.98. The van der Waals surface area contributed by atoms with Crippen molar-refractivity contribution in [2.75, 3.05) is 0 Å². The van der Waals surface area contributed by atoms with Crippen LogP contribution in [0.3, 0.4) is 0 Å². The summed E-state index contributed by atoms with van der Waals surface area (Å²) in [5.41, 5.74) is 1.33. The lowest BCUT2D eigenvalue weighted by molar-refractivity contribution is -0.142. The normalized spacial score (nSPS) is 19.2. The number of nitrogens with one attached hydrogen (secondary N) is 2. The van der Waals surface area contributed by atoms with E-state index in [1.807, 2.05) is 42.1 Å². The summed E-state index contributed by atoms with van der Waals surface area (Å²) >= 11 is 0. The Bertz CT molecular complexity index is 878. The second kappa shape index (κ2) is 10.1. The number of nitrogens with zero attached hydrogens (tertiary/aromatic N) is 1. The molecule has 2 amide bonds. The molecule has 7 nitrogen and oxygen atoms in total. The number of aliphatic carboxylic acids is 1. The van der Waals surface area contributed by atoms with Crippen LogP contribution in [0.1, 0.15) is 55.8 Å². The van der Waals surface area contributed by atoms with Gasteiger partial charge in [0.25, 0.3) is 5.91 Å². The van der Waals surface area contributed by atoms with E-state index in [0.717, 1.165) is 24.9 Å². The van der Waals surface area contributed by atoms with E-state index in [9.17, 15) is 19.5 Å². The van der Waals surface area contributed by atoms with Crippen molar-refractivity contribution >= 4 is 17.8 Å². The molecule has 1 aliphatic rings. The Hall–Kier alpha value is -3.09. The average molecular weight is 412 g/mol. The molecular weight excluding hydrogens is 382 g/mol. The topological polar surface area (TPSA) is 100 Å². The number of carboxylic acid groups (broad SMARTS) is 1. The van der Waals surface area contributed by atoms with Crippen LogP contribution < -0.4 is 10.6 Å². The van der Waals surface area contributed by atoms with Crippen molar-refractivity contribution in [1.29, 1.82) is 0 Å². The largest absolute Gasteiger partial charge is 0.481 e. The fraction of sp³-hybridized carbons (Fsp3) is 0.435. The van der Waals surface area contributed by atoms with Gasteiger partial charge in [-0.25, -0.2) is 0 Å². The zero-order valence-electron chi connectivity index (χ0n) is 17.2. The zero-order chi connectivity index (χ0) is 21.5. The van der Waals surface area contributed by atoms with Gasteiger partial charge in [0.1, 0.15) is 6.04 Å². The first kappa shape index (κ1) is 21.6. The van der Waals surface area contributed by atoms with Crippen LogP contribution in [-0.2, 0) is 9.59 Å². The molecule has 3 atom stereocenters. The van der Waals surface area contributed by atoms with Crippen molar-refractivity contribution in [1.82, 2.24) is 15.2 Å². The third kappa shape index (κ3) is 5.28. The summed E-state index contributed by atoms with van der Waals surface area (Å²) in [6, 6.07) is 9.95. The number of aromatic nitrogens is 1. The third-order valence-electron chi connectivity index (χ3n) is 5.64. The summed E-state index contributed by atoms with van der Waals surface area (Å²) in [4.78, 5) is 37.1. The van der Waals surface area contributed by atoms with E-state index in [-0.39, 0.29) is 17.9 Å². The minimum absolute atomic E-state index is 0.309. The molecule has 1 heterocycles. The van der Waals surface area contributed by atoms with Gasteiger partial charge in [-0.05, 0) is 49.6 Å². The van der Waals surface area contributed by atoms with E-state index in [0.29, 0.717) is 24.8 Å². The Kier molecular flexibility index (Phi) is 7.27. The van der Waals surface area contributed by atoms with Gasteiger partial charge in [-0.3, -0.25) is 14.4 Å². The Morgan fingerprint density at radius 2 is 1.93 bits per heavy atom. The van der Waals surface area contributed by atoms with Gasteiger partial charge in [0.2, 0.25) is 5.91 Å². The predicted molar refractivity (Wildman–Crippen MR) is 113 cm³/mol. The van der Waals surface area contributed by atoms with Gasteiger partial charge in [-0.2, -0.15) is 0 Å². The van der Waals surface area contributed by atoms with Crippen LogP contribution in [-0.4, -0.2) is 39.5 Å². The van der Waals surface area contributed by atoms with Crippen LogP contribution in [0.15, 0.2) is 48.8 Å². The molecule has 0 aliphatic heterocycles. The summed E-state index contributed by atoms with van der Waals surface area (Å²) in [7, 11) is 0. The molecule has 1 saturated carbocycles. The van der Waals surface area contributed by atoms with Crippen molar-refractivity contribution < 1.29 is 19.5 Å². The summed E-state index contributed by atoms with van der Waals surface area (Å²) in [6.45, 7) is 2.02. The number of benzene rings is 1. The quantitative estimate of drug-likeness (QED) is 0.590. The molecule has 2 aromatic rings. The lowest BCUT2D eigenvalue weighted by atomic mass is 10.0. The second-order valence-corrected chi connectivity index (χ2v) is 7.80. The van der Waals surface area contributed by atoms with Crippen LogP contribution in [0.5, 0.6) is 0 Å². The second-order valence-electron chi connectivity index (χ2n) is 7.80. The minimum atomic E-state index is -0.881. The Morgan fingerprint density at radius 3 is 2.63 bits per heavy atom. The van der Waals surface area contributed by atoms with Crippen LogP contribution >= 0.6 is 0 Å². The van der Waals surface area contributed by atoms with E-state index in [1.165, 1.54) is 0 Å². The molecule has 30 heavy (non-hydrogen) atoms. The Labute approximate surface area is 176 Å². The fourth-order valence-corrected chi connectivity index (χ4v) is 3.94. The first-order chi connectivity index (χ1) is 14.5. The fourth-order valence-electron chi connectivity index (χ4n) is 3.94. The first-order valence-corrected chi connectivity index (χ1v) is 10.6. The van der Waals surface area contributed by atoms with Crippen molar-refractivity contribution in [3.63, 3.8) is 0 Å². The maximum Gasteiger partial charge on any atom is 0.308 e. The number of rotatable bonds is 9. The Morgan fingerprint density at radius 1 is 1.17 bits per heavy atom. The summed E-state index contributed by atoms with van der Waals surface area (Å²) in [5, 5.41) is 15.1. The molecule has 1 aliphatic carbocycles. The predicted octanol–water partition coefficient (Wildman–Crippen LogP) is 3.14. The molecule has 0 radical (unpaired) electrons. The van der Waals surface area contributed by atoms with Crippen molar-refractivity contribution in [2.24, 2.45) is 5.92 Å². The third-order valence-corrected chi connectivity index (χ3v) is 5.64. The van der Waals surface area contributed by atoms with Gasteiger partial charge in [0.15, 0.2) is 0 Å². The molecule has 0 saturated heterocycles. The molecule has 0 unspecified atom stereocenters. The zero-order valence-corrected chi connectivity index (χ0v) is 17.2. The van der Waals surface area contributed by atoms with Crippen LogP contribution in [0.2, 0.25) is 0 Å². The molecule has 0 bridgehead atoms. The molecule has 1 aromatic carbocycles. The monoisotopic (exact) mass is 411 g/mol. The number of carbonyl (C=O) groups excluding carboxylic acids is 2. The highest BCUT2D eigenvalue weighted by atomic mass is 16.4. The van der Waals surface area contributed by atoms with E-state index >= 15 is 0 Å². The van der Waals surface area contributed by atoms with E-state index < -0.39 is 17.9 Å². The number of amides is 2. The van der Waals surface area contributed by atoms with Crippen molar-refractivity contribution in [3.05, 3.63) is 54.4 Å². The maximum atomic E-state index is 12.9. The number of hydrogen-bond acceptors (Lipinski definition) is 3. The highest BCUT2D eigenvalue weighted by Gasteiger charge is 2.35. The number of hydrogen-bond donors (Lipinski definition) is 3. The van der Waals surface area contributed by atoms with E-state index in [4.69, 9.17) is 0 Å². The van der Waals surface area contributed by atoms with Gasteiger partial charge in [-0.15, -0.1) is 0 Å². The van der Waals surface area contributed by atoms with Gasteiger partial charge in [-0.1, -0.05) is 32.3 Å². The van der Waals surface area contributed by atoms with Crippen LogP contribution in [0.25, 0.3) is 5.69 Å². The van der Waals surface area contributed by atoms with Crippen molar-refractivity contribution in [3.8, 4) is 5.69 Å². The lowest BCUT2D eigenvalue weighted by Crippen LogP contribution is -2.51. The standard InChI is InChI=1S/C23H29N3O4/c1-2-3-11-20(22(28)24-19-12-7-10-18(19)23(29)30)25-21(27)16-8-6-9-17(15-16)26-13-4-5-14-26/h4-6,8-9,13-15,18-20H,2-3,7,10-12H2,1H3,(H,24,28)(H,25,27)(H,29,30)/t18-,19+,20+/m1/s1. The highest BCUT2D eigenvalue weighted by Crippen LogP contribution is 2.26. The summed E-state index contributed by atoms with van der Waals surface area (Å²) in [5.74, 6) is -2.07. The van der Waals surface area contributed by atoms with Crippen molar-refractivity contribution in [2.45, 2.75) is 57.5 Å². The molecule has 1 aromatic heterocycles. The number of unbranched alkanes of at least 4 members (excludes halogenated alkanes) is 1. The Balaban J connectivity index is 1.69.